The minimum Gasteiger partial charge on any atom is -0.493 e. The van der Waals surface area contributed by atoms with E-state index in [2.05, 4.69) is 10.5 Å². The quantitative estimate of drug-likeness (QED) is 0.138. The van der Waals surface area contributed by atoms with Gasteiger partial charge in [-0.1, -0.05) is 54.6 Å². The first-order chi connectivity index (χ1) is 19.5. The molecule has 0 unspecified atom stereocenters. The third-order valence-corrected chi connectivity index (χ3v) is 6.16. The molecule has 5 aromatic rings. The number of aromatic nitrogens is 1. The molecule has 0 radical (unpaired) electrons. The number of nitrogens with one attached hydrogen (secondary N) is 1. The van der Waals surface area contributed by atoms with Crippen molar-refractivity contribution in [1.29, 1.82) is 0 Å². The predicted octanol–water partition coefficient (Wildman–Crippen LogP) is 6.16. The van der Waals surface area contributed by atoms with Crippen molar-refractivity contribution in [3.63, 3.8) is 0 Å². The first kappa shape index (κ1) is 26.1. The van der Waals surface area contributed by atoms with Crippen molar-refractivity contribution < 1.29 is 19.2 Å². The van der Waals surface area contributed by atoms with Crippen LogP contribution in [0.1, 0.15) is 21.5 Å². The van der Waals surface area contributed by atoms with Crippen LogP contribution in [0, 0.1) is 10.1 Å². The number of nitro groups is 1. The molecule has 0 saturated carbocycles. The van der Waals surface area contributed by atoms with E-state index in [0.29, 0.717) is 39.2 Å². The molecular weight excluding hydrogens is 508 g/mol. The summed E-state index contributed by atoms with van der Waals surface area (Å²) in [6.45, 7) is 0.150. The van der Waals surface area contributed by atoms with Gasteiger partial charge in [-0.25, -0.2) is 10.4 Å². The Morgan fingerprint density at radius 1 is 0.975 bits per heavy atom. The van der Waals surface area contributed by atoms with Gasteiger partial charge in [-0.3, -0.25) is 14.9 Å². The average molecular weight is 533 g/mol. The van der Waals surface area contributed by atoms with Gasteiger partial charge in [0.25, 0.3) is 11.6 Å². The topological polar surface area (TPSA) is 116 Å². The molecule has 1 amide bonds. The monoisotopic (exact) mass is 532 g/mol. The SMILES string of the molecule is COc1cccc(/C=N\NC(=O)c2cc(-c3ccccc3)nc3ccccc23)c1OCc1ccc([N+](=O)[O-])cc1. The van der Waals surface area contributed by atoms with Gasteiger partial charge in [0.05, 0.1) is 35.0 Å². The maximum absolute atomic E-state index is 13.3. The lowest BCUT2D eigenvalue weighted by Gasteiger charge is -2.13. The third kappa shape index (κ3) is 5.78. The molecule has 1 heterocycles. The molecule has 9 heteroatoms. The normalized spacial score (nSPS) is 10.9. The lowest BCUT2D eigenvalue weighted by atomic mass is 10.0. The zero-order valence-corrected chi connectivity index (χ0v) is 21.5. The van der Waals surface area contributed by atoms with Gasteiger partial charge in [0.1, 0.15) is 6.61 Å². The van der Waals surface area contributed by atoms with E-state index in [9.17, 15) is 14.9 Å². The van der Waals surface area contributed by atoms with Crippen LogP contribution in [0.2, 0.25) is 0 Å². The molecule has 0 aliphatic rings. The molecule has 0 fully saturated rings. The molecule has 1 aromatic heterocycles. The Morgan fingerprint density at radius 3 is 2.48 bits per heavy atom. The van der Waals surface area contributed by atoms with E-state index in [4.69, 9.17) is 14.5 Å². The number of amides is 1. The van der Waals surface area contributed by atoms with Gasteiger partial charge in [-0.05, 0) is 42.0 Å². The number of non-ortho nitro benzene ring substituents is 1. The maximum atomic E-state index is 13.3. The fraction of sp³-hybridized carbons (Fsp3) is 0.0645. The first-order valence-electron chi connectivity index (χ1n) is 12.4. The van der Waals surface area contributed by atoms with E-state index in [1.54, 1.807) is 36.4 Å². The number of pyridine rings is 1. The third-order valence-electron chi connectivity index (χ3n) is 6.16. The van der Waals surface area contributed by atoms with Crippen LogP contribution in [0.5, 0.6) is 11.5 Å². The highest BCUT2D eigenvalue weighted by Gasteiger charge is 2.14. The number of fused-ring (bicyclic) bond motifs is 1. The van der Waals surface area contributed by atoms with Gasteiger partial charge in [0, 0.05) is 28.6 Å². The number of nitro benzene ring substituents is 1. The number of carbonyl (C=O) groups is 1. The van der Waals surface area contributed by atoms with Crippen molar-refractivity contribution in [2.75, 3.05) is 7.11 Å². The zero-order valence-electron chi connectivity index (χ0n) is 21.5. The fourth-order valence-corrected chi connectivity index (χ4v) is 4.16. The van der Waals surface area contributed by atoms with Gasteiger partial charge >= 0.3 is 0 Å². The van der Waals surface area contributed by atoms with Gasteiger partial charge in [0.2, 0.25) is 0 Å². The number of methoxy groups -OCH3 is 1. The molecular formula is C31H24N4O5. The number of hydrazone groups is 1. The number of nitrogens with zero attached hydrogens (tertiary/aromatic N) is 3. The second-order valence-corrected chi connectivity index (χ2v) is 8.73. The smallest absolute Gasteiger partial charge is 0.272 e. The van der Waals surface area contributed by atoms with Crippen molar-refractivity contribution in [1.82, 2.24) is 10.4 Å². The number of para-hydroxylation sites is 2. The largest absolute Gasteiger partial charge is 0.493 e. The van der Waals surface area contributed by atoms with Crippen molar-refractivity contribution in [3.05, 3.63) is 130 Å². The Morgan fingerprint density at radius 2 is 1.73 bits per heavy atom. The molecule has 0 spiro atoms. The molecule has 198 valence electrons. The molecule has 5 rings (SSSR count). The molecule has 0 atom stereocenters. The Kier molecular flexibility index (Phi) is 7.73. The highest BCUT2D eigenvalue weighted by Crippen LogP contribution is 2.31. The second kappa shape index (κ2) is 11.9. The molecule has 0 aliphatic heterocycles. The van der Waals surface area contributed by atoms with Crippen molar-refractivity contribution in [3.8, 4) is 22.8 Å². The number of carbonyl (C=O) groups excluding carboxylic acids is 1. The molecule has 0 aliphatic carbocycles. The highest BCUT2D eigenvalue weighted by molar-refractivity contribution is 6.07. The summed E-state index contributed by atoms with van der Waals surface area (Å²) < 4.78 is 11.5. The van der Waals surface area contributed by atoms with Crippen LogP contribution in [0.3, 0.4) is 0 Å². The van der Waals surface area contributed by atoms with E-state index >= 15 is 0 Å². The molecule has 40 heavy (non-hydrogen) atoms. The summed E-state index contributed by atoms with van der Waals surface area (Å²) in [5, 5.41) is 15.8. The summed E-state index contributed by atoms with van der Waals surface area (Å²) >= 11 is 0. The Hall–Kier alpha value is -5.57. The highest BCUT2D eigenvalue weighted by atomic mass is 16.6. The molecule has 1 N–H and O–H groups in total. The maximum Gasteiger partial charge on any atom is 0.272 e. The fourth-order valence-electron chi connectivity index (χ4n) is 4.16. The lowest BCUT2D eigenvalue weighted by molar-refractivity contribution is -0.384. The minimum absolute atomic E-state index is 0.00229. The van der Waals surface area contributed by atoms with Crippen molar-refractivity contribution >= 4 is 28.7 Å². The van der Waals surface area contributed by atoms with Crippen LogP contribution < -0.4 is 14.9 Å². The van der Waals surface area contributed by atoms with Gasteiger partial charge in [-0.15, -0.1) is 0 Å². The van der Waals surface area contributed by atoms with E-state index < -0.39 is 4.92 Å². The molecule has 9 nitrogen and oxygen atoms in total. The van der Waals surface area contributed by atoms with Crippen LogP contribution in [-0.2, 0) is 6.61 Å². The van der Waals surface area contributed by atoms with E-state index in [1.807, 2.05) is 54.6 Å². The van der Waals surface area contributed by atoms with E-state index in [0.717, 1.165) is 11.1 Å². The van der Waals surface area contributed by atoms with Crippen LogP contribution in [-0.4, -0.2) is 29.1 Å². The van der Waals surface area contributed by atoms with Crippen molar-refractivity contribution in [2.24, 2.45) is 5.10 Å². The summed E-state index contributed by atoms with van der Waals surface area (Å²) in [4.78, 5) is 28.5. The first-order valence-corrected chi connectivity index (χ1v) is 12.4. The minimum atomic E-state index is -0.453. The summed E-state index contributed by atoms with van der Waals surface area (Å²) in [5.74, 6) is 0.509. The van der Waals surface area contributed by atoms with E-state index in [-0.39, 0.29) is 18.2 Å². The summed E-state index contributed by atoms with van der Waals surface area (Å²) in [7, 11) is 1.52. The average Bonchev–Trinajstić information content (AvgIpc) is 3.00. The lowest BCUT2D eigenvalue weighted by Crippen LogP contribution is -2.18. The van der Waals surface area contributed by atoms with Crippen LogP contribution in [0.25, 0.3) is 22.2 Å². The van der Waals surface area contributed by atoms with Crippen molar-refractivity contribution in [2.45, 2.75) is 6.61 Å². The Labute approximate surface area is 229 Å². The second-order valence-electron chi connectivity index (χ2n) is 8.73. The van der Waals surface area contributed by atoms with Gasteiger partial charge < -0.3 is 9.47 Å². The predicted molar refractivity (Wildman–Crippen MR) is 153 cm³/mol. The number of ether oxygens (including phenoxy) is 2. The summed E-state index contributed by atoms with van der Waals surface area (Å²) in [6, 6.07) is 30.3. The molecule has 0 bridgehead atoms. The van der Waals surface area contributed by atoms with Crippen LogP contribution in [0.4, 0.5) is 5.69 Å². The number of hydrogen-bond donors (Lipinski definition) is 1. The van der Waals surface area contributed by atoms with Crippen LogP contribution in [0.15, 0.2) is 108 Å². The van der Waals surface area contributed by atoms with Gasteiger partial charge in [0.15, 0.2) is 11.5 Å². The Bertz CT molecular complexity index is 1700. The van der Waals surface area contributed by atoms with Crippen LogP contribution >= 0.6 is 0 Å². The van der Waals surface area contributed by atoms with Gasteiger partial charge in [-0.2, -0.15) is 5.10 Å². The standard InChI is InChI=1S/C31H24N4O5/c1-39-29-13-7-10-23(30(29)40-20-21-14-16-24(17-15-21)35(37)38)19-32-34-31(36)26-18-28(22-8-3-2-4-9-22)33-27-12-6-5-11-25(26)27/h2-19H,20H2,1H3,(H,34,36)/b32-19-. The Balaban J connectivity index is 1.37. The number of benzene rings is 4. The summed E-state index contributed by atoms with van der Waals surface area (Å²) in [5.41, 5.74) is 6.67. The molecule has 4 aromatic carbocycles. The number of hydrogen-bond acceptors (Lipinski definition) is 7. The molecule has 0 saturated heterocycles. The number of rotatable bonds is 9. The zero-order chi connectivity index (χ0) is 27.9. The summed E-state index contributed by atoms with van der Waals surface area (Å²) in [6.07, 6.45) is 1.48. The van der Waals surface area contributed by atoms with E-state index in [1.165, 1.54) is 25.5 Å².